The summed E-state index contributed by atoms with van der Waals surface area (Å²) < 4.78 is 13.4. The van der Waals surface area contributed by atoms with Gasteiger partial charge in [-0.3, -0.25) is 4.79 Å². The first-order valence-corrected chi connectivity index (χ1v) is 7.88. The second-order valence-corrected chi connectivity index (χ2v) is 6.05. The summed E-state index contributed by atoms with van der Waals surface area (Å²) in [5.74, 6) is -2.00. The Morgan fingerprint density at radius 1 is 1.21 bits per heavy atom. The van der Waals surface area contributed by atoms with Crippen LogP contribution in [0.25, 0.3) is 0 Å². The molecule has 0 fully saturated rings. The highest BCUT2D eigenvalue weighted by molar-refractivity contribution is 5.98. The molecular formula is C19H18FNO3. The number of aryl methyl sites for hydroxylation is 2. The third-order valence-corrected chi connectivity index (χ3v) is 4.43. The lowest BCUT2D eigenvalue weighted by Gasteiger charge is -2.17. The fourth-order valence-electron chi connectivity index (χ4n) is 3.18. The summed E-state index contributed by atoms with van der Waals surface area (Å²) >= 11 is 0. The molecule has 124 valence electrons. The number of halogens is 1. The van der Waals surface area contributed by atoms with Gasteiger partial charge in [-0.2, -0.15) is 0 Å². The number of fused-ring (bicyclic) bond motifs is 1. The van der Waals surface area contributed by atoms with Crippen LogP contribution >= 0.6 is 0 Å². The van der Waals surface area contributed by atoms with Crippen molar-refractivity contribution in [1.82, 2.24) is 5.32 Å². The third-order valence-electron chi connectivity index (χ3n) is 4.43. The Bertz CT molecular complexity index is 816. The number of hydrogen-bond acceptors (Lipinski definition) is 2. The van der Waals surface area contributed by atoms with E-state index in [1.165, 1.54) is 18.2 Å². The van der Waals surface area contributed by atoms with Crippen LogP contribution < -0.4 is 5.32 Å². The van der Waals surface area contributed by atoms with E-state index < -0.39 is 23.7 Å². The molecule has 1 aliphatic rings. The Morgan fingerprint density at radius 2 is 2.00 bits per heavy atom. The van der Waals surface area contributed by atoms with E-state index >= 15 is 0 Å². The fraction of sp³-hybridized carbons (Fsp3) is 0.263. The summed E-state index contributed by atoms with van der Waals surface area (Å²) in [6.07, 6.45) is 2.77. The lowest BCUT2D eigenvalue weighted by molar-refractivity contribution is -0.139. The maximum atomic E-state index is 13.4. The fourth-order valence-corrected chi connectivity index (χ4v) is 3.18. The summed E-state index contributed by atoms with van der Waals surface area (Å²) in [7, 11) is 0. The second kappa shape index (κ2) is 6.43. The SMILES string of the molecule is Cc1cc(C(NC(=O)c2cccc3c2CCC3)C(=O)O)ccc1F. The Balaban J connectivity index is 1.89. The summed E-state index contributed by atoms with van der Waals surface area (Å²) in [6.45, 7) is 1.56. The number of carbonyl (C=O) groups excluding carboxylic acids is 1. The van der Waals surface area contributed by atoms with E-state index in [4.69, 9.17) is 0 Å². The molecule has 2 aromatic rings. The van der Waals surface area contributed by atoms with E-state index in [0.717, 1.165) is 30.4 Å². The number of hydrogen-bond donors (Lipinski definition) is 2. The summed E-state index contributed by atoms with van der Waals surface area (Å²) in [4.78, 5) is 24.2. The molecule has 4 nitrogen and oxygen atoms in total. The van der Waals surface area contributed by atoms with Crippen LogP contribution in [0.5, 0.6) is 0 Å². The summed E-state index contributed by atoms with van der Waals surface area (Å²) in [5.41, 5.74) is 3.35. The van der Waals surface area contributed by atoms with Gasteiger partial charge in [-0.25, -0.2) is 9.18 Å². The molecule has 3 rings (SSSR count). The van der Waals surface area contributed by atoms with Gasteiger partial charge in [0.25, 0.3) is 5.91 Å². The second-order valence-electron chi connectivity index (χ2n) is 6.05. The van der Waals surface area contributed by atoms with E-state index in [2.05, 4.69) is 5.32 Å². The van der Waals surface area contributed by atoms with Crippen LogP contribution in [0.2, 0.25) is 0 Å². The highest BCUT2D eigenvalue weighted by Crippen LogP contribution is 2.26. The zero-order valence-electron chi connectivity index (χ0n) is 13.3. The molecule has 2 N–H and O–H groups in total. The molecule has 0 aromatic heterocycles. The van der Waals surface area contributed by atoms with Crippen LogP contribution in [0, 0.1) is 12.7 Å². The van der Waals surface area contributed by atoms with E-state index in [1.54, 1.807) is 13.0 Å². The molecule has 24 heavy (non-hydrogen) atoms. The van der Waals surface area contributed by atoms with Crippen LogP contribution in [-0.2, 0) is 17.6 Å². The van der Waals surface area contributed by atoms with Gasteiger partial charge in [0.05, 0.1) is 0 Å². The van der Waals surface area contributed by atoms with Crippen LogP contribution in [-0.4, -0.2) is 17.0 Å². The smallest absolute Gasteiger partial charge is 0.330 e. The molecule has 0 heterocycles. The number of aliphatic carboxylic acids is 1. The van der Waals surface area contributed by atoms with Gasteiger partial charge in [0.2, 0.25) is 0 Å². The van der Waals surface area contributed by atoms with Gasteiger partial charge >= 0.3 is 5.97 Å². The third kappa shape index (κ3) is 3.02. The number of carbonyl (C=O) groups is 2. The molecule has 0 saturated carbocycles. The maximum Gasteiger partial charge on any atom is 0.330 e. The monoisotopic (exact) mass is 327 g/mol. The first kappa shape index (κ1) is 16.2. The van der Waals surface area contributed by atoms with Crippen molar-refractivity contribution < 1.29 is 19.1 Å². The van der Waals surface area contributed by atoms with Crippen molar-refractivity contribution in [1.29, 1.82) is 0 Å². The highest BCUT2D eigenvalue weighted by Gasteiger charge is 2.25. The molecule has 2 aromatic carbocycles. The van der Waals surface area contributed by atoms with Crippen molar-refractivity contribution in [2.24, 2.45) is 0 Å². The van der Waals surface area contributed by atoms with Crippen LogP contribution in [0.3, 0.4) is 0 Å². The van der Waals surface area contributed by atoms with Crippen molar-refractivity contribution in [2.45, 2.75) is 32.2 Å². The van der Waals surface area contributed by atoms with E-state index in [-0.39, 0.29) is 0 Å². The minimum Gasteiger partial charge on any atom is -0.479 e. The lowest BCUT2D eigenvalue weighted by atomic mass is 10.0. The predicted octanol–water partition coefficient (Wildman–Crippen LogP) is 3.18. The van der Waals surface area contributed by atoms with E-state index in [0.29, 0.717) is 16.7 Å². The largest absolute Gasteiger partial charge is 0.479 e. The van der Waals surface area contributed by atoms with Crippen molar-refractivity contribution in [3.05, 3.63) is 70.0 Å². The van der Waals surface area contributed by atoms with Gasteiger partial charge < -0.3 is 10.4 Å². The van der Waals surface area contributed by atoms with Crippen LogP contribution in [0.4, 0.5) is 4.39 Å². The maximum absolute atomic E-state index is 13.4. The summed E-state index contributed by atoms with van der Waals surface area (Å²) in [6, 6.07) is 8.37. The Kier molecular flexibility index (Phi) is 4.34. The van der Waals surface area contributed by atoms with Crippen LogP contribution in [0.1, 0.15) is 45.1 Å². The number of carboxylic acid groups (broad SMARTS) is 1. The highest BCUT2D eigenvalue weighted by atomic mass is 19.1. The molecule has 1 atom stereocenters. The average molecular weight is 327 g/mol. The zero-order valence-corrected chi connectivity index (χ0v) is 13.3. The van der Waals surface area contributed by atoms with Gasteiger partial charge in [-0.15, -0.1) is 0 Å². The molecule has 0 radical (unpaired) electrons. The van der Waals surface area contributed by atoms with Gasteiger partial charge in [0, 0.05) is 5.56 Å². The molecule has 1 unspecified atom stereocenters. The Morgan fingerprint density at radius 3 is 2.71 bits per heavy atom. The van der Waals surface area contributed by atoms with Crippen molar-refractivity contribution in [3.63, 3.8) is 0 Å². The number of amides is 1. The number of carboxylic acids is 1. The summed E-state index contributed by atoms with van der Waals surface area (Å²) in [5, 5.41) is 12.0. The molecule has 0 spiro atoms. The van der Waals surface area contributed by atoms with Gasteiger partial charge in [-0.05, 0) is 60.6 Å². The molecule has 0 aliphatic heterocycles. The zero-order chi connectivity index (χ0) is 17.3. The first-order chi connectivity index (χ1) is 11.5. The van der Waals surface area contributed by atoms with Gasteiger partial charge in [0.1, 0.15) is 5.82 Å². The Labute approximate surface area is 139 Å². The molecule has 0 bridgehead atoms. The number of nitrogens with one attached hydrogen (secondary N) is 1. The molecule has 5 heteroatoms. The predicted molar refractivity (Wildman–Crippen MR) is 87.4 cm³/mol. The molecule has 1 aliphatic carbocycles. The van der Waals surface area contributed by atoms with Crippen LogP contribution in [0.15, 0.2) is 36.4 Å². The van der Waals surface area contributed by atoms with Gasteiger partial charge in [-0.1, -0.05) is 24.3 Å². The topological polar surface area (TPSA) is 66.4 Å². The average Bonchev–Trinajstić information content (AvgIpc) is 3.03. The lowest BCUT2D eigenvalue weighted by Crippen LogP contribution is -2.34. The molecule has 1 amide bonds. The molecular weight excluding hydrogens is 309 g/mol. The standard InChI is InChI=1S/C19H18FNO3/c1-11-10-13(8-9-16(11)20)17(19(23)24)21-18(22)15-7-3-5-12-4-2-6-14(12)15/h3,5,7-10,17H,2,4,6H2,1H3,(H,21,22)(H,23,24). The normalized spacial score (nSPS) is 14.1. The Hall–Kier alpha value is -2.69. The minimum atomic E-state index is -1.21. The van der Waals surface area contributed by atoms with E-state index in [9.17, 15) is 19.1 Å². The quantitative estimate of drug-likeness (QED) is 0.906. The number of benzene rings is 2. The van der Waals surface area contributed by atoms with E-state index in [1.807, 2.05) is 12.1 Å². The first-order valence-electron chi connectivity index (χ1n) is 7.88. The van der Waals surface area contributed by atoms with Crippen molar-refractivity contribution in [2.75, 3.05) is 0 Å². The molecule has 0 saturated heterocycles. The number of rotatable bonds is 4. The van der Waals surface area contributed by atoms with Crippen molar-refractivity contribution in [3.8, 4) is 0 Å². The van der Waals surface area contributed by atoms with Crippen molar-refractivity contribution >= 4 is 11.9 Å². The minimum absolute atomic E-state index is 0.341. The van der Waals surface area contributed by atoms with Gasteiger partial charge in [0.15, 0.2) is 6.04 Å².